The van der Waals surface area contributed by atoms with Crippen LogP contribution in [0.1, 0.15) is 11.1 Å². The fraction of sp³-hybridized carbons (Fsp3) is 0.0606. The Balaban J connectivity index is 1.39. The molecule has 0 saturated heterocycles. The zero-order chi connectivity index (χ0) is 26.8. The fourth-order valence-corrected chi connectivity index (χ4v) is 6.53. The van der Waals surface area contributed by atoms with Crippen molar-refractivity contribution < 1.29 is 4.79 Å². The number of benzene rings is 4. The summed E-state index contributed by atoms with van der Waals surface area (Å²) in [5, 5.41) is 10.8. The SMILES string of the molecule is Cc1ccc(-c2cc(-c3ccccc3)c(C#N)c(SCC(=O)N3c4ccccc4Sc4ccccc43)n2)cc1. The maximum absolute atomic E-state index is 13.8. The molecule has 0 N–H and O–H groups in total. The van der Waals surface area contributed by atoms with Gasteiger partial charge in [0.05, 0.1) is 28.4 Å². The molecule has 0 aliphatic carbocycles. The summed E-state index contributed by atoms with van der Waals surface area (Å²) >= 11 is 2.98. The number of nitrogens with zero attached hydrogens (tertiary/aromatic N) is 3. The van der Waals surface area contributed by atoms with Crippen molar-refractivity contribution in [3.05, 3.63) is 120 Å². The first-order valence-electron chi connectivity index (χ1n) is 12.5. The molecular formula is C33H23N3OS2. The maximum atomic E-state index is 13.8. The lowest BCUT2D eigenvalue weighted by molar-refractivity contribution is -0.115. The van der Waals surface area contributed by atoms with E-state index in [1.54, 1.807) is 16.7 Å². The van der Waals surface area contributed by atoms with Gasteiger partial charge >= 0.3 is 0 Å². The number of nitriles is 1. The van der Waals surface area contributed by atoms with Gasteiger partial charge in [-0.25, -0.2) is 4.98 Å². The van der Waals surface area contributed by atoms with E-state index in [1.165, 1.54) is 11.8 Å². The van der Waals surface area contributed by atoms with Crippen LogP contribution in [0.2, 0.25) is 0 Å². The van der Waals surface area contributed by atoms with Crippen molar-refractivity contribution in [3.8, 4) is 28.5 Å². The van der Waals surface area contributed by atoms with Gasteiger partial charge in [-0.3, -0.25) is 9.69 Å². The normalized spacial score (nSPS) is 11.8. The number of carbonyl (C=O) groups excluding carboxylic acids is 1. The molecule has 0 bridgehead atoms. The molecule has 6 heteroatoms. The molecule has 1 aromatic heterocycles. The highest BCUT2D eigenvalue weighted by Gasteiger charge is 2.28. The molecule has 6 rings (SSSR count). The van der Waals surface area contributed by atoms with Crippen LogP contribution in [0.3, 0.4) is 0 Å². The minimum Gasteiger partial charge on any atom is -0.278 e. The number of aromatic nitrogens is 1. The summed E-state index contributed by atoms with van der Waals surface area (Å²) in [6.45, 7) is 2.05. The molecule has 0 unspecified atom stereocenters. The van der Waals surface area contributed by atoms with Crippen molar-refractivity contribution in [2.45, 2.75) is 21.7 Å². The molecule has 188 valence electrons. The first-order valence-corrected chi connectivity index (χ1v) is 14.3. The van der Waals surface area contributed by atoms with E-state index in [2.05, 4.69) is 18.2 Å². The lowest BCUT2D eigenvalue weighted by Gasteiger charge is -2.31. The van der Waals surface area contributed by atoms with Gasteiger partial charge in [0.1, 0.15) is 11.1 Å². The number of aryl methyl sites for hydroxylation is 1. The number of thioether (sulfide) groups is 1. The van der Waals surface area contributed by atoms with Crippen molar-refractivity contribution in [3.63, 3.8) is 0 Å². The molecule has 5 aromatic rings. The predicted octanol–water partition coefficient (Wildman–Crippen LogP) is 8.52. The van der Waals surface area contributed by atoms with E-state index in [4.69, 9.17) is 4.98 Å². The van der Waals surface area contributed by atoms with Gasteiger partial charge in [-0.1, -0.05) is 108 Å². The summed E-state index contributed by atoms with van der Waals surface area (Å²) in [5.41, 5.74) is 6.87. The number of rotatable bonds is 5. The molecule has 1 aliphatic rings. The van der Waals surface area contributed by atoms with Crippen LogP contribution in [0.5, 0.6) is 0 Å². The van der Waals surface area contributed by atoms with Crippen molar-refractivity contribution in [2.24, 2.45) is 0 Å². The molecule has 0 fully saturated rings. The van der Waals surface area contributed by atoms with Crippen molar-refractivity contribution in [1.82, 2.24) is 4.98 Å². The van der Waals surface area contributed by atoms with Crippen molar-refractivity contribution >= 4 is 40.8 Å². The van der Waals surface area contributed by atoms with Crippen LogP contribution in [-0.4, -0.2) is 16.6 Å². The monoisotopic (exact) mass is 541 g/mol. The van der Waals surface area contributed by atoms with Gasteiger partial charge in [-0.15, -0.1) is 0 Å². The predicted molar refractivity (Wildman–Crippen MR) is 159 cm³/mol. The average molecular weight is 542 g/mol. The van der Waals surface area contributed by atoms with E-state index in [-0.39, 0.29) is 11.7 Å². The van der Waals surface area contributed by atoms with Crippen molar-refractivity contribution in [1.29, 1.82) is 5.26 Å². The summed E-state index contributed by atoms with van der Waals surface area (Å²) in [5.74, 6) is 0.0773. The third-order valence-electron chi connectivity index (χ3n) is 6.54. The van der Waals surface area contributed by atoms with Crippen LogP contribution in [0, 0.1) is 18.3 Å². The Morgan fingerprint density at radius 3 is 2.10 bits per heavy atom. The van der Waals surface area contributed by atoms with Crippen LogP contribution in [0.4, 0.5) is 11.4 Å². The zero-order valence-corrected chi connectivity index (χ0v) is 22.8. The number of hydrogen-bond acceptors (Lipinski definition) is 5. The first-order chi connectivity index (χ1) is 19.1. The van der Waals surface area contributed by atoms with E-state index >= 15 is 0 Å². The minimum atomic E-state index is -0.0621. The van der Waals surface area contributed by atoms with Crippen LogP contribution in [0.15, 0.2) is 124 Å². The molecule has 1 amide bonds. The van der Waals surface area contributed by atoms with Gasteiger partial charge in [-0.05, 0) is 42.8 Å². The van der Waals surface area contributed by atoms with Crippen molar-refractivity contribution in [2.75, 3.05) is 10.7 Å². The molecule has 1 aliphatic heterocycles. The number of hydrogen-bond donors (Lipinski definition) is 0. The quantitative estimate of drug-likeness (QED) is 0.209. The first kappa shape index (κ1) is 25.0. The molecule has 2 heterocycles. The Labute approximate surface area is 236 Å². The number of fused-ring (bicyclic) bond motifs is 2. The molecule has 0 atom stereocenters. The Bertz CT molecular complexity index is 1680. The lowest BCUT2D eigenvalue weighted by Crippen LogP contribution is -2.30. The number of amides is 1. The number of para-hydroxylation sites is 2. The second kappa shape index (κ2) is 10.8. The summed E-state index contributed by atoms with van der Waals surface area (Å²) in [7, 11) is 0. The summed E-state index contributed by atoms with van der Waals surface area (Å²) in [6, 6.07) is 38.3. The Morgan fingerprint density at radius 2 is 1.46 bits per heavy atom. The number of pyridine rings is 1. The third kappa shape index (κ3) is 4.95. The second-order valence-electron chi connectivity index (χ2n) is 9.13. The molecule has 0 spiro atoms. The zero-order valence-electron chi connectivity index (χ0n) is 21.2. The summed E-state index contributed by atoms with van der Waals surface area (Å²) in [6.07, 6.45) is 0. The summed E-state index contributed by atoms with van der Waals surface area (Å²) < 4.78 is 0. The highest BCUT2D eigenvalue weighted by atomic mass is 32.2. The number of anilines is 2. The molecule has 39 heavy (non-hydrogen) atoms. The highest BCUT2D eigenvalue weighted by molar-refractivity contribution is 8.00. The molecule has 0 radical (unpaired) electrons. The Morgan fingerprint density at radius 1 is 0.846 bits per heavy atom. The van der Waals surface area contributed by atoms with E-state index < -0.39 is 0 Å². The number of carbonyl (C=O) groups is 1. The van der Waals surface area contributed by atoms with E-state index in [9.17, 15) is 10.1 Å². The van der Waals surface area contributed by atoms with Crippen LogP contribution in [0.25, 0.3) is 22.4 Å². The van der Waals surface area contributed by atoms with Crippen LogP contribution in [-0.2, 0) is 4.79 Å². The average Bonchev–Trinajstić information content (AvgIpc) is 2.99. The molecular weight excluding hydrogens is 519 g/mol. The van der Waals surface area contributed by atoms with E-state index in [0.29, 0.717) is 10.6 Å². The van der Waals surface area contributed by atoms with E-state index in [0.717, 1.165) is 49.1 Å². The van der Waals surface area contributed by atoms with Gasteiger partial charge in [-0.2, -0.15) is 5.26 Å². The van der Waals surface area contributed by atoms with Gasteiger partial charge in [0, 0.05) is 20.9 Å². The maximum Gasteiger partial charge on any atom is 0.242 e. The van der Waals surface area contributed by atoms with Gasteiger partial charge in [0.25, 0.3) is 0 Å². The molecule has 4 aromatic carbocycles. The highest BCUT2D eigenvalue weighted by Crippen LogP contribution is 2.48. The molecule has 0 saturated carbocycles. The topological polar surface area (TPSA) is 57.0 Å². The Kier molecular flexibility index (Phi) is 6.93. The third-order valence-corrected chi connectivity index (χ3v) is 8.63. The van der Waals surface area contributed by atoms with Crippen LogP contribution < -0.4 is 4.90 Å². The van der Waals surface area contributed by atoms with Gasteiger partial charge in [0.15, 0.2) is 0 Å². The standard InChI is InChI=1S/C33H23N3OS2/c1-22-15-17-24(18-16-22)27-19-25(23-9-3-2-4-10-23)26(20-34)33(35-27)38-21-32(37)36-28-11-5-7-13-30(28)39-31-14-8-6-12-29(31)36/h2-19H,21H2,1H3. The van der Waals surface area contributed by atoms with Crippen LogP contribution >= 0.6 is 23.5 Å². The van der Waals surface area contributed by atoms with Gasteiger partial charge in [0.2, 0.25) is 5.91 Å². The minimum absolute atomic E-state index is 0.0621. The fourth-order valence-electron chi connectivity index (χ4n) is 4.62. The van der Waals surface area contributed by atoms with E-state index in [1.807, 2.05) is 104 Å². The lowest BCUT2D eigenvalue weighted by atomic mass is 9.99. The second-order valence-corrected chi connectivity index (χ2v) is 11.2. The van der Waals surface area contributed by atoms with Gasteiger partial charge < -0.3 is 0 Å². The largest absolute Gasteiger partial charge is 0.278 e. The summed E-state index contributed by atoms with van der Waals surface area (Å²) in [4.78, 5) is 22.6. The Hall–Kier alpha value is -4.31. The smallest absolute Gasteiger partial charge is 0.242 e. The molecule has 4 nitrogen and oxygen atoms in total.